The lowest BCUT2D eigenvalue weighted by Gasteiger charge is -2.22. The summed E-state index contributed by atoms with van der Waals surface area (Å²) in [5.41, 5.74) is 0. The van der Waals surface area contributed by atoms with Gasteiger partial charge in [-0.3, -0.25) is 0 Å². The van der Waals surface area contributed by atoms with Gasteiger partial charge in [-0.15, -0.1) is 0 Å². The van der Waals surface area contributed by atoms with Gasteiger partial charge in [0, 0.05) is 6.04 Å². The van der Waals surface area contributed by atoms with Gasteiger partial charge in [-0.25, -0.2) is 0 Å². The summed E-state index contributed by atoms with van der Waals surface area (Å²) in [4.78, 5) is 2.58. The zero-order valence-electron chi connectivity index (χ0n) is 11.6. The van der Waals surface area contributed by atoms with E-state index < -0.39 is 0 Å². The fourth-order valence-electron chi connectivity index (χ4n) is 2.26. The molecule has 0 radical (unpaired) electrons. The first-order chi connectivity index (χ1) is 7.63. The maximum atomic E-state index is 3.76. The predicted molar refractivity (Wildman–Crippen MR) is 71.8 cm³/mol. The third kappa shape index (κ3) is 4.84. The molecule has 1 aliphatic heterocycles. The van der Waals surface area contributed by atoms with Crippen molar-refractivity contribution in [3.63, 3.8) is 0 Å². The summed E-state index contributed by atoms with van der Waals surface area (Å²) in [5.74, 6) is 1.59. The molecule has 2 heteroatoms. The molecule has 16 heavy (non-hydrogen) atoms. The van der Waals surface area contributed by atoms with E-state index in [0.717, 1.165) is 17.9 Å². The van der Waals surface area contributed by atoms with Crippen molar-refractivity contribution in [1.82, 2.24) is 10.2 Å². The maximum absolute atomic E-state index is 3.76. The molecule has 0 saturated carbocycles. The highest BCUT2D eigenvalue weighted by Crippen LogP contribution is 2.13. The Labute approximate surface area is 102 Å². The summed E-state index contributed by atoms with van der Waals surface area (Å²) in [5, 5.41) is 3.76. The Hall–Kier alpha value is -0.0800. The molecule has 1 rings (SSSR count). The molecule has 0 aromatic carbocycles. The smallest absolute Gasteiger partial charge is 0.00798 e. The van der Waals surface area contributed by atoms with Crippen molar-refractivity contribution >= 4 is 0 Å². The molecular weight excluding hydrogens is 196 g/mol. The standard InChI is InChI=1S/C14H30N2/c1-5-16-9-6-7-14(8-10-16)15-11-13(4)12(2)3/h12-15H,5-11H2,1-4H3. The van der Waals surface area contributed by atoms with E-state index in [-0.39, 0.29) is 0 Å². The molecular formula is C14H30N2. The highest BCUT2D eigenvalue weighted by molar-refractivity contribution is 4.75. The first-order valence-corrected chi connectivity index (χ1v) is 7.09. The lowest BCUT2D eigenvalue weighted by molar-refractivity contribution is 0.294. The van der Waals surface area contributed by atoms with E-state index in [9.17, 15) is 0 Å². The molecule has 2 atom stereocenters. The van der Waals surface area contributed by atoms with E-state index >= 15 is 0 Å². The summed E-state index contributed by atoms with van der Waals surface area (Å²) >= 11 is 0. The fraction of sp³-hybridized carbons (Fsp3) is 1.00. The molecule has 1 aliphatic rings. The Morgan fingerprint density at radius 3 is 2.56 bits per heavy atom. The van der Waals surface area contributed by atoms with Crippen LogP contribution in [0.4, 0.5) is 0 Å². The van der Waals surface area contributed by atoms with Crippen LogP contribution in [0.15, 0.2) is 0 Å². The van der Waals surface area contributed by atoms with Crippen LogP contribution in [-0.4, -0.2) is 37.1 Å². The molecule has 2 nitrogen and oxygen atoms in total. The molecule has 1 N–H and O–H groups in total. The Balaban J connectivity index is 2.22. The average Bonchev–Trinajstić information content (AvgIpc) is 2.50. The second-order valence-corrected chi connectivity index (χ2v) is 5.69. The van der Waals surface area contributed by atoms with Crippen LogP contribution in [0.5, 0.6) is 0 Å². The van der Waals surface area contributed by atoms with E-state index in [4.69, 9.17) is 0 Å². The lowest BCUT2D eigenvalue weighted by atomic mass is 9.97. The van der Waals surface area contributed by atoms with Crippen molar-refractivity contribution in [3.05, 3.63) is 0 Å². The van der Waals surface area contributed by atoms with Crippen LogP contribution in [0.3, 0.4) is 0 Å². The van der Waals surface area contributed by atoms with Gasteiger partial charge in [0.15, 0.2) is 0 Å². The third-order valence-corrected chi connectivity index (χ3v) is 4.13. The molecule has 0 aliphatic carbocycles. The fourth-order valence-corrected chi connectivity index (χ4v) is 2.26. The van der Waals surface area contributed by atoms with Gasteiger partial charge in [-0.2, -0.15) is 0 Å². The summed E-state index contributed by atoms with van der Waals surface area (Å²) in [6.07, 6.45) is 4.06. The lowest BCUT2D eigenvalue weighted by Crippen LogP contribution is -2.35. The van der Waals surface area contributed by atoms with Gasteiger partial charge in [-0.05, 0) is 57.3 Å². The number of rotatable bonds is 5. The Bertz CT molecular complexity index is 180. The first-order valence-electron chi connectivity index (χ1n) is 7.09. The van der Waals surface area contributed by atoms with Crippen LogP contribution in [0.2, 0.25) is 0 Å². The molecule has 0 bridgehead atoms. The molecule has 96 valence electrons. The molecule has 1 fully saturated rings. The van der Waals surface area contributed by atoms with Crippen LogP contribution < -0.4 is 5.32 Å². The Morgan fingerprint density at radius 2 is 1.94 bits per heavy atom. The highest BCUT2D eigenvalue weighted by atomic mass is 15.1. The van der Waals surface area contributed by atoms with Gasteiger partial charge in [-0.1, -0.05) is 27.7 Å². The van der Waals surface area contributed by atoms with Crippen LogP contribution >= 0.6 is 0 Å². The van der Waals surface area contributed by atoms with Gasteiger partial charge >= 0.3 is 0 Å². The zero-order valence-corrected chi connectivity index (χ0v) is 11.6. The minimum atomic E-state index is 0.762. The number of nitrogens with zero attached hydrogens (tertiary/aromatic N) is 1. The maximum Gasteiger partial charge on any atom is 0.00798 e. The number of likely N-dealkylation sites (tertiary alicyclic amines) is 1. The number of nitrogens with one attached hydrogen (secondary N) is 1. The van der Waals surface area contributed by atoms with Gasteiger partial charge in [0.05, 0.1) is 0 Å². The van der Waals surface area contributed by atoms with Crippen molar-refractivity contribution in [3.8, 4) is 0 Å². The van der Waals surface area contributed by atoms with E-state index in [2.05, 4.69) is 37.9 Å². The molecule has 0 spiro atoms. The summed E-state index contributed by atoms with van der Waals surface area (Å²) < 4.78 is 0. The second kappa shape index (κ2) is 7.29. The summed E-state index contributed by atoms with van der Waals surface area (Å²) in [6.45, 7) is 14.3. The zero-order chi connectivity index (χ0) is 12.0. The van der Waals surface area contributed by atoms with Crippen molar-refractivity contribution in [2.75, 3.05) is 26.2 Å². The van der Waals surface area contributed by atoms with Crippen molar-refractivity contribution in [2.45, 2.75) is 53.0 Å². The SMILES string of the molecule is CCN1CCCC(NCC(C)C(C)C)CC1. The van der Waals surface area contributed by atoms with Crippen molar-refractivity contribution in [2.24, 2.45) is 11.8 Å². The molecule has 0 aromatic rings. The van der Waals surface area contributed by atoms with Gasteiger partial charge in [0.25, 0.3) is 0 Å². The minimum Gasteiger partial charge on any atom is -0.314 e. The van der Waals surface area contributed by atoms with E-state index in [0.29, 0.717) is 0 Å². The van der Waals surface area contributed by atoms with E-state index in [1.54, 1.807) is 0 Å². The second-order valence-electron chi connectivity index (χ2n) is 5.69. The normalized spacial score (nSPS) is 25.7. The van der Waals surface area contributed by atoms with E-state index in [1.807, 2.05) is 0 Å². The number of hydrogen-bond acceptors (Lipinski definition) is 2. The van der Waals surface area contributed by atoms with Crippen molar-refractivity contribution in [1.29, 1.82) is 0 Å². The predicted octanol–water partition coefficient (Wildman–Crippen LogP) is 2.74. The van der Waals surface area contributed by atoms with Crippen LogP contribution in [-0.2, 0) is 0 Å². The van der Waals surface area contributed by atoms with Gasteiger partial charge in [0.2, 0.25) is 0 Å². The van der Waals surface area contributed by atoms with Crippen LogP contribution in [0, 0.1) is 11.8 Å². The molecule has 0 aromatic heterocycles. The minimum absolute atomic E-state index is 0.762. The quantitative estimate of drug-likeness (QED) is 0.775. The van der Waals surface area contributed by atoms with Crippen LogP contribution in [0.1, 0.15) is 47.0 Å². The molecule has 2 unspecified atom stereocenters. The first kappa shape index (κ1) is 14.0. The monoisotopic (exact) mass is 226 g/mol. The largest absolute Gasteiger partial charge is 0.314 e. The summed E-state index contributed by atoms with van der Waals surface area (Å²) in [7, 11) is 0. The third-order valence-electron chi connectivity index (χ3n) is 4.13. The Morgan fingerprint density at radius 1 is 1.19 bits per heavy atom. The van der Waals surface area contributed by atoms with Crippen molar-refractivity contribution < 1.29 is 0 Å². The van der Waals surface area contributed by atoms with Gasteiger partial charge < -0.3 is 10.2 Å². The average molecular weight is 226 g/mol. The topological polar surface area (TPSA) is 15.3 Å². The Kier molecular flexibility index (Phi) is 6.37. The van der Waals surface area contributed by atoms with Crippen LogP contribution in [0.25, 0.3) is 0 Å². The molecule has 1 saturated heterocycles. The number of hydrogen-bond donors (Lipinski definition) is 1. The van der Waals surface area contributed by atoms with E-state index in [1.165, 1.54) is 45.4 Å². The molecule has 0 amide bonds. The van der Waals surface area contributed by atoms with Gasteiger partial charge in [0.1, 0.15) is 0 Å². The summed E-state index contributed by atoms with van der Waals surface area (Å²) in [6, 6.07) is 0.762. The highest BCUT2D eigenvalue weighted by Gasteiger charge is 2.16. The molecule has 1 heterocycles.